The van der Waals surface area contributed by atoms with Crippen LogP contribution in [-0.2, 0) is 0 Å². The zero-order valence-electron chi connectivity index (χ0n) is 18.8. The first-order valence-corrected chi connectivity index (χ1v) is 11.7. The zero-order chi connectivity index (χ0) is 21.4. The SMILES string of the molecule is [2H]CC(=O)n1cccc1N1CCC(N2CCC(N3C(=O)N[C@H]4CCCC[C@@H]43)CC2)CC1. The molecule has 0 aromatic carbocycles. The van der Waals surface area contributed by atoms with Gasteiger partial charge in [-0.15, -0.1) is 0 Å². The van der Waals surface area contributed by atoms with Gasteiger partial charge in [0.2, 0.25) is 5.91 Å². The van der Waals surface area contributed by atoms with Crippen LogP contribution in [0.1, 0.15) is 64.4 Å². The summed E-state index contributed by atoms with van der Waals surface area (Å²) in [5, 5.41) is 3.24. The van der Waals surface area contributed by atoms with Gasteiger partial charge in [0.25, 0.3) is 0 Å². The lowest BCUT2D eigenvalue weighted by atomic mass is 9.89. The van der Waals surface area contributed by atoms with Crippen molar-refractivity contribution in [2.75, 3.05) is 31.1 Å². The maximum absolute atomic E-state index is 12.6. The number of piperidine rings is 2. The molecule has 3 aliphatic heterocycles. The molecule has 2 amide bonds. The van der Waals surface area contributed by atoms with E-state index in [2.05, 4.69) is 20.0 Å². The molecule has 0 unspecified atom stereocenters. The van der Waals surface area contributed by atoms with E-state index in [0.29, 0.717) is 24.2 Å². The molecular formula is C23H35N5O2. The standard InChI is InChI=1S/C23H35N5O2/c1-17(29)27-12-4-7-22(27)26-15-8-18(9-16-26)25-13-10-19(11-14-25)28-21-6-3-2-5-20(21)24-23(28)30/h4,7,12,18-21H,2-3,5-6,8-11,13-16H2,1H3,(H,24,30)/t20-,21-/m0/s1/i1D. The van der Waals surface area contributed by atoms with Crippen molar-refractivity contribution in [3.63, 3.8) is 0 Å². The van der Waals surface area contributed by atoms with E-state index in [1.54, 1.807) is 10.8 Å². The first-order valence-electron chi connectivity index (χ1n) is 12.4. The second-order valence-corrected chi connectivity index (χ2v) is 9.43. The molecule has 0 radical (unpaired) electrons. The fourth-order valence-corrected chi connectivity index (χ4v) is 6.26. The molecule has 4 fully saturated rings. The average Bonchev–Trinajstić information content (AvgIpc) is 3.43. The van der Waals surface area contributed by atoms with E-state index in [-0.39, 0.29) is 18.8 Å². The minimum atomic E-state index is -0.219. The summed E-state index contributed by atoms with van der Waals surface area (Å²) in [6.45, 7) is 3.81. The van der Waals surface area contributed by atoms with Gasteiger partial charge in [-0.25, -0.2) is 4.79 Å². The van der Waals surface area contributed by atoms with E-state index in [0.717, 1.165) is 70.5 Å². The summed E-state index contributed by atoms with van der Waals surface area (Å²) in [4.78, 5) is 31.8. The van der Waals surface area contributed by atoms with Gasteiger partial charge >= 0.3 is 6.03 Å². The van der Waals surface area contributed by atoms with E-state index in [1.807, 2.05) is 12.1 Å². The number of likely N-dealkylation sites (tertiary alicyclic amines) is 1. The van der Waals surface area contributed by atoms with Crippen LogP contribution in [0.4, 0.5) is 10.6 Å². The van der Waals surface area contributed by atoms with E-state index >= 15 is 0 Å². The molecule has 5 rings (SSSR count). The highest BCUT2D eigenvalue weighted by Gasteiger charge is 2.44. The van der Waals surface area contributed by atoms with Crippen molar-refractivity contribution in [2.45, 2.75) is 82.4 Å². The highest BCUT2D eigenvalue weighted by molar-refractivity contribution is 5.80. The summed E-state index contributed by atoms with van der Waals surface area (Å²) in [6.07, 6.45) is 10.9. The third-order valence-corrected chi connectivity index (χ3v) is 7.82. The summed E-state index contributed by atoms with van der Waals surface area (Å²) in [6, 6.07) is 5.83. The number of fused-ring (bicyclic) bond motifs is 1. The second-order valence-electron chi connectivity index (χ2n) is 9.43. The molecule has 3 saturated heterocycles. The van der Waals surface area contributed by atoms with Crippen LogP contribution < -0.4 is 10.2 Å². The fraction of sp³-hybridized carbons (Fsp3) is 0.739. The molecule has 4 aliphatic rings. The van der Waals surface area contributed by atoms with Crippen LogP contribution in [0, 0.1) is 0 Å². The van der Waals surface area contributed by atoms with Crippen molar-refractivity contribution >= 4 is 17.8 Å². The van der Waals surface area contributed by atoms with Crippen LogP contribution in [0.2, 0.25) is 0 Å². The Hall–Kier alpha value is -2.02. The number of hydrogen-bond donors (Lipinski definition) is 1. The summed E-state index contributed by atoms with van der Waals surface area (Å²) < 4.78 is 9.00. The Morgan fingerprint density at radius 2 is 1.77 bits per heavy atom. The molecule has 0 bridgehead atoms. The predicted molar refractivity (Wildman–Crippen MR) is 117 cm³/mol. The number of rotatable bonds is 3. The third-order valence-electron chi connectivity index (χ3n) is 7.82. The number of nitrogens with one attached hydrogen (secondary N) is 1. The molecule has 1 aromatic heterocycles. The largest absolute Gasteiger partial charge is 0.358 e. The lowest BCUT2D eigenvalue weighted by Gasteiger charge is -2.45. The summed E-state index contributed by atoms with van der Waals surface area (Å²) in [5.74, 6) is 0.756. The van der Waals surface area contributed by atoms with Crippen molar-refractivity contribution < 1.29 is 11.0 Å². The number of hydrogen-bond acceptors (Lipinski definition) is 4. The van der Waals surface area contributed by atoms with Crippen LogP contribution in [0.3, 0.4) is 0 Å². The topological polar surface area (TPSA) is 60.8 Å². The van der Waals surface area contributed by atoms with Gasteiger partial charge in [0.1, 0.15) is 5.82 Å². The van der Waals surface area contributed by atoms with Crippen LogP contribution in [-0.4, -0.2) is 76.7 Å². The monoisotopic (exact) mass is 414 g/mol. The summed E-state index contributed by atoms with van der Waals surface area (Å²) in [7, 11) is 0. The first kappa shape index (κ1) is 18.7. The zero-order valence-corrected chi connectivity index (χ0v) is 17.8. The molecule has 164 valence electrons. The van der Waals surface area contributed by atoms with Crippen LogP contribution >= 0.6 is 0 Å². The van der Waals surface area contributed by atoms with Gasteiger partial charge in [0, 0.05) is 52.7 Å². The maximum atomic E-state index is 12.6. The van der Waals surface area contributed by atoms with Gasteiger partial charge in [-0.1, -0.05) is 12.8 Å². The van der Waals surface area contributed by atoms with Crippen molar-refractivity contribution in [2.24, 2.45) is 0 Å². The lowest BCUT2D eigenvalue weighted by Crippen LogP contribution is -2.53. The van der Waals surface area contributed by atoms with E-state index in [1.165, 1.54) is 12.8 Å². The molecule has 7 nitrogen and oxygen atoms in total. The molecule has 1 aromatic rings. The Morgan fingerprint density at radius 3 is 2.53 bits per heavy atom. The number of aromatic nitrogens is 1. The second kappa shape index (κ2) is 8.25. The number of carbonyl (C=O) groups is 2. The Bertz CT molecular complexity index is 798. The van der Waals surface area contributed by atoms with E-state index in [9.17, 15) is 9.59 Å². The number of urea groups is 1. The molecule has 4 heterocycles. The van der Waals surface area contributed by atoms with Gasteiger partial charge in [0.15, 0.2) is 0 Å². The Morgan fingerprint density at radius 1 is 1.03 bits per heavy atom. The minimum absolute atomic E-state index is 0.171. The minimum Gasteiger partial charge on any atom is -0.358 e. The number of carbonyl (C=O) groups excluding carboxylic acids is 2. The van der Waals surface area contributed by atoms with Crippen LogP contribution in [0.15, 0.2) is 18.3 Å². The van der Waals surface area contributed by atoms with Crippen LogP contribution in [0.5, 0.6) is 0 Å². The molecule has 1 N–H and O–H groups in total. The number of nitrogens with zero attached hydrogens (tertiary/aromatic N) is 4. The first-order chi connectivity index (χ1) is 15.2. The number of anilines is 1. The highest BCUT2D eigenvalue weighted by Crippen LogP contribution is 2.33. The summed E-state index contributed by atoms with van der Waals surface area (Å²) in [5.41, 5.74) is 0. The average molecular weight is 415 g/mol. The Balaban J connectivity index is 1.14. The van der Waals surface area contributed by atoms with E-state index in [4.69, 9.17) is 1.37 Å². The van der Waals surface area contributed by atoms with Crippen LogP contribution in [0.25, 0.3) is 0 Å². The molecule has 1 saturated carbocycles. The van der Waals surface area contributed by atoms with Gasteiger partial charge in [0.05, 0.1) is 12.1 Å². The quantitative estimate of drug-likeness (QED) is 0.826. The summed E-state index contributed by atoms with van der Waals surface area (Å²) >= 11 is 0. The molecule has 0 spiro atoms. The van der Waals surface area contributed by atoms with Crippen molar-refractivity contribution in [1.29, 1.82) is 0 Å². The molecule has 7 heteroatoms. The lowest BCUT2D eigenvalue weighted by molar-refractivity contribution is 0.0744. The van der Waals surface area contributed by atoms with Gasteiger partial charge in [-0.05, 0) is 50.7 Å². The Kier molecular flexibility index (Phi) is 5.15. The van der Waals surface area contributed by atoms with Gasteiger partial charge in [-0.2, -0.15) is 0 Å². The maximum Gasteiger partial charge on any atom is 0.318 e. The smallest absolute Gasteiger partial charge is 0.318 e. The molecule has 30 heavy (non-hydrogen) atoms. The van der Waals surface area contributed by atoms with Crippen molar-refractivity contribution in [1.82, 2.24) is 19.7 Å². The Labute approximate surface area is 180 Å². The predicted octanol–water partition coefficient (Wildman–Crippen LogP) is 2.92. The van der Waals surface area contributed by atoms with Gasteiger partial charge < -0.3 is 20.0 Å². The highest BCUT2D eigenvalue weighted by atomic mass is 16.2. The molecule has 1 aliphatic carbocycles. The molecular weight excluding hydrogens is 378 g/mol. The normalized spacial score (nSPS) is 29.6. The fourth-order valence-electron chi connectivity index (χ4n) is 6.26. The number of amides is 2. The molecule has 2 atom stereocenters. The van der Waals surface area contributed by atoms with Crippen molar-refractivity contribution in [3.05, 3.63) is 18.3 Å². The van der Waals surface area contributed by atoms with Gasteiger partial charge in [-0.3, -0.25) is 9.36 Å². The third kappa shape index (κ3) is 3.61. The van der Waals surface area contributed by atoms with E-state index < -0.39 is 0 Å². The van der Waals surface area contributed by atoms with Crippen molar-refractivity contribution in [3.8, 4) is 0 Å².